The number of fused-ring (bicyclic) bond motifs is 1. The predicted molar refractivity (Wildman–Crippen MR) is 116 cm³/mol. The SMILES string of the molecule is Cc1c(C(=O)OC2CCCCC2)sc2ncn(Cc3ccc(Cl)cc3Cl)c(=O)c12. The van der Waals surface area contributed by atoms with Gasteiger partial charge >= 0.3 is 5.97 Å². The summed E-state index contributed by atoms with van der Waals surface area (Å²) >= 11 is 13.4. The fraction of sp³-hybridized carbons (Fsp3) is 0.381. The van der Waals surface area contributed by atoms with Gasteiger partial charge in [-0.3, -0.25) is 9.36 Å². The van der Waals surface area contributed by atoms with Crippen molar-refractivity contribution in [2.24, 2.45) is 0 Å². The monoisotopic (exact) mass is 450 g/mol. The minimum Gasteiger partial charge on any atom is -0.458 e. The van der Waals surface area contributed by atoms with Crippen molar-refractivity contribution in [3.8, 4) is 0 Å². The van der Waals surface area contributed by atoms with Gasteiger partial charge in [0.2, 0.25) is 0 Å². The summed E-state index contributed by atoms with van der Waals surface area (Å²) in [6.07, 6.45) is 6.63. The number of carbonyl (C=O) groups excluding carboxylic acids is 1. The first-order valence-corrected chi connectivity index (χ1v) is 11.1. The molecule has 0 amide bonds. The Balaban J connectivity index is 1.65. The van der Waals surface area contributed by atoms with Crippen molar-refractivity contribution in [2.45, 2.75) is 51.7 Å². The molecule has 1 fully saturated rings. The molecule has 0 radical (unpaired) electrons. The molecule has 1 saturated carbocycles. The van der Waals surface area contributed by atoms with Gasteiger partial charge in [0.1, 0.15) is 15.8 Å². The minimum atomic E-state index is -0.357. The van der Waals surface area contributed by atoms with Crippen LogP contribution in [-0.2, 0) is 11.3 Å². The Kier molecular flexibility index (Phi) is 5.95. The van der Waals surface area contributed by atoms with E-state index in [-0.39, 0.29) is 24.2 Å². The van der Waals surface area contributed by atoms with Gasteiger partial charge < -0.3 is 4.74 Å². The largest absolute Gasteiger partial charge is 0.458 e. The number of aromatic nitrogens is 2. The van der Waals surface area contributed by atoms with Gasteiger partial charge in [-0.2, -0.15) is 0 Å². The van der Waals surface area contributed by atoms with Gasteiger partial charge in [-0.25, -0.2) is 9.78 Å². The number of hydrogen-bond donors (Lipinski definition) is 0. The summed E-state index contributed by atoms with van der Waals surface area (Å²) in [5.74, 6) is -0.357. The van der Waals surface area contributed by atoms with E-state index in [1.165, 1.54) is 28.7 Å². The maximum absolute atomic E-state index is 13.1. The van der Waals surface area contributed by atoms with Crippen LogP contribution in [0.1, 0.15) is 52.9 Å². The number of rotatable bonds is 4. The normalized spacial score (nSPS) is 15.0. The zero-order valence-corrected chi connectivity index (χ0v) is 18.2. The van der Waals surface area contributed by atoms with Crippen molar-refractivity contribution < 1.29 is 9.53 Å². The average Bonchev–Trinajstić information content (AvgIpc) is 3.04. The second kappa shape index (κ2) is 8.46. The molecule has 0 atom stereocenters. The Morgan fingerprint density at radius 3 is 2.76 bits per heavy atom. The molecule has 0 saturated heterocycles. The molecule has 1 aromatic carbocycles. The molecule has 4 rings (SSSR count). The standard InChI is InChI=1S/C21H20Cl2N2O3S/c1-12-17-19(29-18(12)21(27)28-15-5-3-2-4-6-15)24-11-25(20(17)26)10-13-7-8-14(22)9-16(13)23/h7-9,11,15H,2-6,10H2,1H3. The van der Waals surface area contributed by atoms with Crippen LogP contribution >= 0.6 is 34.5 Å². The minimum absolute atomic E-state index is 0.0301. The maximum atomic E-state index is 13.1. The Hall–Kier alpha value is -1.89. The van der Waals surface area contributed by atoms with Gasteiger partial charge in [0.25, 0.3) is 5.56 Å². The smallest absolute Gasteiger partial charge is 0.348 e. The Bertz CT molecular complexity index is 1130. The highest BCUT2D eigenvalue weighted by Crippen LogP contribution is 2.30. The zero-order chi connectivity index (χ0) is 20.5. The lowest BCUT2D eigenvalue weighted by Gasteiger charge is -2.21. The van der Waals surface area contributed by atoms with Crippen LogP contribution in [0, 0.1) is 6.92 Å². The highest BCUT2D eigenvalue weighted by Gasteiger charge is 2.24. The molecule has 1 aliphatic rings. The molecular weight excluding hydrogens is 431 g/mol. The number of hydrogen-bond acceptors (Lipinski definition) is 5. The van der Waals surface area contributed by atoms with Gasteiger partial charge in [-0.05, 0) is 55.9 Å². The fourth-order valence-electron chi connectivity index (χ4n) is 3.69. The lowest BCUT2D eigenvalue weighted by atomic mass is 9.98. The van der Waals surface area contributed by atoms with Crippen molar-refractivity contribution in [1.29, 1.82) is 0 Å². The van der Waals surface area contributed by atoms with Crippen LogP contribution in [0.4, 0.5) is 0 Å². The molecule has 152 valence electrons. The third kappa shape index (κ3) is 4.20. The Morgan fingerprint density at radius 1 is 1.28 bits per heavy atom. The molecule has 1 aliphatic carbocycles. The number of thiophene rings is 1. The summed E-state index contributed by atoms with van der Waals surface area (Å²) in [5, 5.41) is 1.48. The molecule has 0 bridgehead atoms. The second-order valence-electron chi connectivity index (χ2n) is 7.32. The molecular formula is C21H20Cl2N2O3S. The molecule has 0 N–H and O–H groups in total. The van der Waals surface area contributed by atoms with E-state index in [0.717, 1.165) is 31.2 Å². The lowest BCUT2D eigenvalue weighted by Crippen LogP contribution is -2.22. The first-order chi connectivity index (χ1) is 13.9. The number of esters is 1. The molecule has 3 aromatic rings. The molecule has 29 heavy (non-hydrogen) atoms. The van der Waals surface area contributed by atoms with E-state index in [1.54, 1.807) is 25.1 Å². The fourth-order valence-corrected chi connectivity index (χ4v) is 5.18. The van der Waals surface area contributed by atoms with E-state index in [1.807, 2.05) is 0 Å². The van der Waals surface area contributed by atoms with Gasteiger partial charge in [0, 0.05) is 10.0 Å². The summed E-state index contributed by atoms with van der Waals surface area (Å²) < 4.78 is 7.18. The van der Waals surface area contributed by atoms with Crippen molar-refractivity contribution >= 4 is 50.7 Å². The van der Waals surface area contributed by atoms with Crippen LogP contribution in [0.25, 0.3) is 10.2 Å². The molecule has 0 aliphatic heterocycles. The number of ether oxygens (including phenoxy) is 1. The van der Waals surface area contributed by atoms with E-state index < -0.39 is 0 Å². The molecule has 2 heterocycles. The number of halogens is 2. The molecule has 5 nitrogen and oxygen atoms in total. The number of nitrogens with zero attached hydrogens (tertiary/aromatic N) is 2. The Morgan fingerprint density at radius 2 is 2.03 bits per heavy atom. The first-order valence-electron chi connectivity index (χ1n) is 9.57. The third-order valence-corrected chi connectivity index (χ3v) is 7.05. The maximum Gasteiger partial charge on any atom is 0.348 e. The number of aryl methyl sites for hydroxylation is 1. The summed E-state index contributed by atoms with van der Waals surface area (Å²) in [4.78, 5) is 31.2. The van der Waals surface area contributed by atoms with Gasteiger partial charge in [0.05, 0.1) is 18.3 Å². The van der Waals surface area contributed by atoms with Crippen LogP contribution in [0.15, 0.2) is 29.3 Å². The highest BCUT2D eigenvalue weighted by atomic mass is 35.5. The summed E-state index contributed by atoms with van der Waals surface area (Å²) in [6, 6.07) is 5.16. The van der Waals surface area contributed by atoms with Gasteiger partial charge in [-0.15, -0.1) is 11.3 Å². The van der Waals surface area contributed by atoms with Crippen LogP contribution in [0.3, 0.4) is 0 Å². The Labute approximate surface area is 182 Å². The van der Waals surface area contributed by atoms with Crippen molar-refractivity contribution in [3.63, 3.8) is 0 Å². The molecule has 0 spiro atoms. The highest BCUT2D eigenvalue weighted by molar-refractivity contribution is 7.20. The molecule has 0 unspecified atom stereocenters. The van der Waals surface area contributed by atoms with Crippen molar-refractivity contribution in [1.82, 2.24) is 9.55 Å². The molecule has 2 aromatic heterocycles. The van der Waals surface area contributed by atoms with E-state index in [0.29, 0.717) is 30.7 Å². The van der Waals surface area contributed by atoms with Crippen LogP contribution in [0.5, 0.6) is 0 Å². The van der Waals surface area contributed by atoms with E-state index >= 15 is 0 Å². The third-order valence-electron chi connectivity index (χ3n) is 5.28. The average molecular weight is 451 g/mol. The summed E-state index contributed by atoms with van der Waals surface area (Å²) in [6.45, 7) is 2.05. The first kappa shape index (κ1) is 20.4. The quantitative estimate of drug-likeness (QED) is 0.484. The zero-order valence-electron chi connectivity index (χ0n) is 15.9. The summed E-state index contributed by atoms with van der Waals surface area (Å²) in [7, 11) is 0. The van der Waals surface area contributed by atoms with Crippen LogP contribution < -0.4 is 5.56 Å². The molecule has 8 heteroatoms. The van der Waals surface area contributed by atoms with Crippen molar-refractivity contribution in [2.75, 3.05) is 0 Å². The van der Waals surface area contributed by atoms with Crippen LogP contribution in [0.2, 0.25) is 10.0 Å². The van der Waals surface area contributed by atoms with E-state index in [9.17, 15) is 9.59 Å². The van der Waals surface area contributed by atoms with E-state index in [2.05, 4.69) is 4.98 Å². The van der Waals surface area contributed by atoms with Gasteiger partial charge in [-0.1, -0.05) is 35.7 Å². The predicted octanol–water partition coefficient (Wildman–Crippen LogP) is 5.61. The second-order valence-corrected chi connectivity index (χ2v) is 9.16. The number of benzene rings is 1. The van der Waals surface area contributed by atoms with Gasteiger partial charge in [0.15, 0.2) is 0 Å². The van der Waals surface area contributed by atoms with E-state index in [4.69, 9.17) is 27.9 Å². The number of carbonyl (C=O) groups is 1. The van der Waals surface area contributed by atoms with Crippen molar-refractivity contribution in [3.05, 3.63) is 60.9 Å². The summed E-state index contributed by atoms with van der Waals surface area (Å²) in [5.41, 5.74) is 1.19. The lowest BCUT2D eigenvalue weighted by molar-refractivity contribution is 0.0216. The van der Waals surface area contributed by atoms with Crippen LogP contribution in [-0.4, -0.2) is 21.6 Å². The topological polar surface area (TPSA) is 61.2 Å².